The first-order chi connectivity index (χ1) is 9.47. The van der Waals surface area contributed by atoms with Gasteiger partial charge in [0.1, 0.15) is 0 Å². The van der Waals surface area contributed by atoms with E-state index in [1.54, 1.807) is 18.2 Å². The van der Waals surface area contributed by atoms with Crippen molar-refractivity contribution < 1.29 is 4.79 Å². The van der Waals surface area contributed by atoms with Gasteiger partial charge in [0.15, 0.2) is 0 Å². The largest absolute Gasteiger partial charge is 0.399 e. The van der Waals surface area contributed by atoms with Crippen molar-refractivity contribution in [1.82, 2.24) is 4.90 Å². The van der Waals surface area contributed by atoms with Crippen LogP contribution in [0.15, 0.2) is 18.2 Å². The second-order valence-electron chi connectivity index (χ2n) is 5.07. The number of nitrogens with two attached hydrogens (primary N) is 1. The number of halogens is 1. The molecule has 0 spiro atoms. The number of nitrogens with one attached hydrogen (secondary N) is 1. The maximum absolute atomic E-state index is 12.1. The molecule has 6 heteroatoms. The maximum Gasteiger partial charge on any atom is 0.238 e. The minimum absolute atomic E-state index is 0.0524. The molecule has 0 radical (unpaired) electrons. The summed E-state index contributed by atoms with van der Waals surface area (Å²) in [6.45, 7) is 5.69. The van der Waals surface area contributed by atoms with Gasteiger partial charge >= 0.3 is 0 Å². The third-order valence-electron chi connectivity index (χ3n) is 3.63. The molecule has 0 aliphatic carbocycles. The van der Waals surface area contributed by atoms with E-state index in [-0.39, 0.29) is 5.91 Å². The van der Waals surface area contributed by atoms with Gasteiger partial charge in [-0.1, -0.05) is 18.5 Å². The van der Waals surface area contributed by atoms with Gasteiger partial charge < -0.3 is 11.1 Å². The number of thioether (sulfide) groups is 1. The second-order valence-corrected chi connectivity index (χ2v) is 6.97. The third kappa shape index (κ3) is 3.81. The zero-order valence-corrected chi connectivity index (χ0v) is 13.3. The van der Waals surface area contributed by atoms with Crippen molar-refractivity contribution in [2.75, 3.05) is 29.9 Å². The number of amides is 1. The Balaban J connectivity index is 1.97. The lowest BCUT2D eigenvalue weighted by Crippen LogP contribution is -2.47. The van der Waals surface area contributed by atoms with Gasteiger partial charge in [0.25, 0.3) is 0 Å². The molecule has 1 aliphatic rings. The SMILES string of the molecule is CC1SCCN(CC(=O)Nc2cc(N)ccc2Cl)C1C. The summed E-state index contributed by atoms with van der Waals surface area (Å²) < 4.78 is 0. The number of carbonyl (C=O) groups is 1. The zero-order chi connectivity index (χ0) is 14.7. The van der Waals surface area contributed by atoms with Gasteiger partial charge in [-0.05, 0) is 25.1 Å². The van der Waals surface area contributed by atoms with E-state index in [0.717, 1.165) is 12.3 Å². The summed E-state index contributed by atoms with van der Waals surface area (Å²) in [7, 11) is 0. The fourth-order valence-electron chi connectivity index (χ4n) is 2.23. The Labute approximate surface area is 129 Å². The van der Waals surface area contributed by atoms with E-state index >= 15 is 0 Å². The van der Waals surface area contributed by atoms with Crippen molar-refractivity contribution in [2.24, 2.45) is 0 Å². The van der Waals surface area contributed by atoms with Crippen LogP contribution in [0.4, 0.5) is 11.4 Å². The summed E-state index contributed by atoms with van der Waals surface area (Å²) in [5.74, 6) is 1.01. The molecule has 1 fully saturated rings. The number of nitrogens with zero attached hydrogens (tertiary/aromatic N) is 1. The highest BCUT2D eigenvalue weighted by atomic mass is 35.5. The van der Waals surface area contributed by atoms with Gasteiger partial charge in [-0.3, -0.25) is 9.69 Å². The molecule has 110 valence electrons. The maximum atomic E-state index is 12.1. The average Bonchev–Trinajstić information content (AvgIpc) is 2.39. The highest BCUT2D eigenvalue weighted by Crippen LogP contribution is 2.26. The van der Waals surface area contributed by atoms with Crippen molar-refractivity contribution in [1.29, 1.82) is 0 Å². The van der Waals surface area contributed by atoms with Crippen LogP contribution in [0.2, 0.25) is 5.02 Å². The first-order valence-corrected chi connectivity index (χ1v) is 8.10. The first kappa shape index (κ1) is 15.5. The van der Waals surface area contributed by atoms with Crippen molar-refractivity contribution >= 4 is 40.6 Å². The number of nitrogen functional groups attached to an aromatic ring is 1. The quantitative estimate of drug-likeness (QED) is 0.842. The van der Waals surface area contributed by atoms with Crippen LogP contribution in [0.5, 0.6) is 0 Å². The van der Waals surface area contributed by atoms with Crippen LogP contribution in [0.3, 0.4) is 0 Å². The van der Waals surface area contributed by atoms with Gasteiger partial charge in [0.05, 0.1) is 17.3 Å². The van der Waals surface area contributed by atoms with Gasteiger partial charge in [-0.25, -0.2) is 0 Å². The normalized spacial score (nSPS) is 23.6. The molecule has 4 nitrogen and oxygen atoms in total. The van der Waals surface area contributed by atoms with Crippen LogP contribution in [0.1, 0.15) is 13.8 Å². The molecule has 20 heavy (non-hydrogen) atoms. The predicted molar refractivity (Wildman–Crippen MR) is 87.4 cm³/mol. The lowest BCUT2D eigenvalue weighted by atomic mass is 10.2. The Bertz CT molecular complexity index is 497. The van der Waals surface area contributed by atoms with E-state index in [1.165, 1.54) is 0 Å². The standard InChI is InChI=1S/C14H20ClN3OS/c1-9-10(2)20-6-5-18(9)8-14(19)17-13-7-11(16)3-4-12(13)15/h3-4,7,9-10H,5-6,8,16H2,1-2H3,(H,17,19). The summed E-state index contributed by atoms with van der Waals surface area (Å²) in [5.41, 5.74) is 6.86. The Morgan fingerprint density at radius 2 is 2.30 bits per heavy atom. The Morgan fingerprint density at radius 3 is 3.05 bits per heavy atom. The van der Waals surface area contributed by atoms with Gasteiger partial charge in [-0.15, -0.1) is 0 Å². The molecule has 2 unspecified atom stereocenters. The molecular formula is C14H20ClN3OS. The van der Waals surface area contributed by atoms with E-state index in [4.69, 9.17) is 17.3 Å². The Kier molecular flexibility index (Phi) is 5.18. The number of hydrogen-bond acceptors (Lipinski definition) is 4. The topological polar surface area (TPSA) is 58.4 Å². The van der Waals surface area contributed by atoms with Crippen molar-refractivity contribution in [3.8, 4) is 0 Å². The summed E-state index contributed by atoms with van der Waals surface area (Å²) in [6.07, 6.45) is 0. The highest BCUT2D eigenvalue weighted by molar-refractivity contribution is 8.00. The van der Waals surface area contributed by atoms with Crippen molar-refractivity contribution in [3.63, 3.8) is 0 Å². The van der Waals surface area contributed by atoms with Crippen molar-refractivity contribution in [2.45, 2.75) is 25.1 Å². The molecular weight excluding hydrogens is 294 g/mol. The van der Waals surface area contributed by atoms with Gasteiger partial charge in [0.2, 0.25) is 5.91 Å². The number of carbonyl (C=O) groups excluding carboxylic acids is 1. The van der Waals surface area contributed by atoms with Crippen LogP contribution in [0, 0.1) is 0 Å². The number of anilines is 2. The van der Waals surface area contributed by atoms with E-state index in [9.17, 15) is 4.79 Å². The molecule has 1 aromatic carbocycles. The minimum Gasteiger partial charge on any atom is -0.399 e. The first-order valence-electron chi connectivity index (χ1n) is 6.68. The van der Waals surface area contributed by atoms with Gasteiger partial charge in [-0.2, -0.15) is 11.8 Å². The van der Waals surface area contributed by atoms with Crippen LogP contribution in [-0.4, -0.2) is 40.9 Å². The second kappa shape index (κ2) is 6.70. The molecule has 1 heterocycles. The van der Waals surface area contributed by atoms with Crippen molar-refractivity contribution in [3.05, 3.63) is 23.2 Å². The Hall–Kier alpha value is -0.910. The Morgan fingerprint density at radius 1 is 1.55 bits per heavy atom. The van der Waals surface area contributed by atoms with Crippen LogP contribution in [-0.2, 0) is 4.79 Å². The number of hydrogen-bond donors (Lipinski definition) is 2. The number of rotatable bonds is 3. The molecule has 2 atom stereocenters. The van der Waals surface area contributed by atoms with E-state index in [2.05, 4.69) is 24.1 Å². The molecule has 1 amide bonds. The minimum atomic E-state index is -0.0524. The molecule has 3 N–H and O–H groups in total. The lowest BCUT2D eigenvalue weighted by Gasteiger charge is -2.36. The van der Waals surface area contributed by atoms with Crippen LogP contribution < -0.4 is 11.1 Å². The molecule has 1 aliphatic heterocycles. The number of benzene rings is 1. The summed E-state index contributed by atoms with van der Waals surface area (Å²) >= 11 is 8.00. The zero-order valence-electron chi connectivity index (χ0n) is 11.7. The molecule has 1 aromatic rings. The summed E-state index contributed by atoms with van der Waals surface area (Å²) in [5, 5.41) is 3.89. The van der Waals surface area contributed by atoms with Gasteiger partial charge in [0, 0.05) is 29.3 Å². The smallest absolute Gasteiger partial charge is 0.238 e. The molecule has 2 rings (SSSR count). The monoisotopic (exact) mass is 313 g/mol. The van der Waals surface area contributed by atoms with E-state index < -0.39 is 0 Å². The lowest BCUT2D eigenvalue weighted by molar-refractivity contribution is -0.117. The molecule has 0 bridgehead atoms. The summed E-state index contributed by atoms with van der Waals surface area (Å²) in [6, 6.07) is 5.48. The van der Waals surface area contributed by atoms with Crippen LogP contribution in [0.25, 0.3) is 0 Å². The molecule has 1 saturated heterocycles. The molecule has 0 aromatic heterocycles. The average molecular weight is 314 g/mol. The summed E-state index contributed by atoms with van der Waals surface area (Å²) in [4.78, 5) is 14.3. The van der Waals surface area contributed by atoms with E-state index in [1.807, 2.05) is 11.8 Å². The fourth-order valence-corrected chi connectivity index (χ4v) is 3.56. The predicted octanol–water partition coefficient (Wildman–Crippen LogP) is 2.69. The molecule has 0 saturated carbocycles. The third-order valence-corrected chi connectivity index (χ3v) is 5.29. The highest BCUT2D eigenvalue weighted by Gasteiger charge is 2.26. The van der Waals surface area contributed by atoms with E-state index in [0.29, 0.717) is 34.2 Å². The fraction of sp³-hybridized carbons (Fsp3) is 0.500. The van der Waals surface area contributed by atoms with Crippen LogP contribution >= 0.6 is 23.4 Å².